The highest BCUT2D eigenvalue weighted by Gasteiger charge is 2.22. The van der Waals surface area contributed by atoms with Crippen molar-refractivity contribution in [3.63, 3.8) is 0 Å². The lowest BCUT2D eigenvalue weighted by atomic mass is 10.1. The lowest BCUT2D eigenvalue weighted by Crippen LogP contribution is -2.41. The lowest BCUT2D eigenvalue weighted by molar-refractivity contribution is -0.146. The van der Waals surface area contributed by atoms with Gasteiger partial charge in [-0.15, -0.1) is 0 Å². The van der Waals surface area contributed by atoms with E-state index in [-0.39, 0.29) is 0 Å². The van der Waals surface area contributed by atoms with Gasteiger partial charge in [0.2, 0.25) is 5.91 Å². The highest BCUT2D eigenvalue weighted by Crippen LogP contribution is 2.11. The van der Waals surface area contributed by atoms with Crippen LogP contribution in [-0.2, 0) is 14.4 Å². The second-order valence-corrected chi connectivity index (χ2v) is 6.40. The summed E-state index contributed by atoms with van der Waals surface area (Å²) in [5.74, 6) is -3.23. The molecule has 1 atom stereocenters. The van der Waals surface area contributed by atoms with Crippen molar-refractivity contribution in [2.45, 2.75) is 65.8 Å². The van der Waals surface area contributed by atoms with Crippen LogP contribution in [-0.4, -0.2) is 34.1 Å². The first-order valence-electron chi connectivity index (χ1n) is 8.33. The fourth-order valence-corrected chi connectivity index (χ4v) is 2.12. The fourth-order valence-electron chi connectivity index (χ4n) is 2.12. The van der Waals surface area contributed by atoms with Crippen LogP contribution >= 0.6 is 0 Å². The normalized spacial score (nSPS) is 13.1. The molecule has 0 fully saturated rings. The first-order chi connectivity index (χ1) is 11.6. The number of carboxylic acid groups (broad SMARTS) is 2. The maximum atomic E-state index is 11.8. The van der Waals surface area contributed by atoms with Gasteiger partial charge in [0.05, 0.1) is 6.42 Å². The Morgan fingerprint density at radius 2 is 1.48 bits per heavy atom. The van der Waals surface area contributed by atoms with E-state index >= 15 is 0 Å². The summed E-state index contributed by atoms with van der Waals surface area (Å²) in [5.41, 5.74) is 3.41. The number of carbonyl (C=O) groups is 3. The molecule has 140 valence electrons. The zero-order chi connectivity index (χ0) is 19.4. The third kappa shape index (κ3) is 12.7. The second kappa shape index (κ2) is 12.1. The largest absolute Gasteiger partial charge is 0.481 e. The van der Waals surface area contributed by atoms with Crippen molar-refractivity contribution >= 4 is 17.8 Å². The Morgan fingerprint density at radius 1 is 0.920 bits per heavy atom. The van der Waals surface area contributed by atoms with Gasteiger partial charge in [0.25, 0.3) is 0 Å². The summed E-state index contributed by atoms with van der Waals surface area (Å²) in [4.78, 5) is 33.3. The lowest BCUT2D eigenvalue weighted by Gasteiger charge is -2.11. The first kappa shape index (κ1) is 22.6. The van der Waals surface area contributed by atoms with Crippen LogP contribution in [0.3, 0.4) is 0 Å². The van der Waals surface area contributed by atoms with Crippen LogP contribution < -0.4 is 5.32 Å². The van der Waals surface area contributed by atoms with E-state index in [4.69, 9.17) is 10.2 Å². The number of aliphatic carboxylic acids is 2. The van der Waals surface area contributed by atoms with Crippen LogP contribution in [0.25, 0.3) is 0 Å². The molecule has 0 radical (unpaired) electrons. The fraction of sp³-hybridized carbons (Fsp3) is 0.526. The maximum Gasteiger partial charge on any atom is 0.326 e. The Kier molecular flexibility index (Phi) is 10.9. The number of carbonyl (C=O) groups excluding carboxylic acids is 1. The number of hydrogen-bond donors (Lipinski definition) is 3. The smallest absolute Gasteiger partial charge is 0.326 e. The van der Waals surface area contributed by atoms with Crippen LogP contribution in [0, 0.1) is 0 Å². The molecule has 0 aromatic carbocycles. The van der Waals surface area contributed by atoms with Gasteiger partial charge in [-0.3, -0.25) is 9.59 Å². The Hall–Kier alpha value is -2.37. The van der Waals surface area contributed by atoms with Gasteiger partial charge in [0.1, 0.15) is 6.04 Å². The Balaban J connectivity index is 4.42. The van der Waals surface area contributed by atoms with Crippen molar-refractivity contribution in [2.24, 2.45) is 0 Å². The predicted octanol–water partition coefficient (Wildman–Crippen LogP) is 3.45. The van der Waals surface area contributed by atoms with E-state index in [9.17, 15) is 14.4 Å². The number of allylic oxidation sites excluding steroid dienone is 5. The van der Waals surface area contributed by atoms with Crippen molar-refractivity contribution in [1.29, 1.82) is 0 Å². The Labute approximate surface area is 149 Å². The van der Waals surface area contributed by atoms with E-state index in [1.807, 2.05) is 0 Å². The molecule has 1 amide bonds. The zero-order valence-corrected chi connectivity index (χ0v) is 15.5. The predicted molar refractivity (Wildman–Crippen MR) is 97.2 cm³/mol. The molecule has 0 unspecified atom stereocenters. The molecule has 3 N–H and O–H groups in total. The monoisotopic (exact) mass is 351 g/mol. The van der Waals surface area contributed by atoms with Crippen LogP contribution in [0.15, 0.2) is 34.9 Å². The molecule has 0 aromatic rings. The summed E-state index contributed by atoms with van der Waals surface area (Å²) in [6, 6.07) is -1.42. The molecular formula is C19H29NO5. The van der Waals surface area contributed by atoms with Gasteiger partial charge in [-0.05, 0) is 53.4 Å². The molecule has 0 bridgehead atoms. The first-order valence-corrected chi connectivity index (χ1v) is 8.33. The summed E-state index contributed by atoms with van der Waals surface area (Å²) in [6.07, 6.45) is 8.51. The van der Waals surface area contributed by atoms with E-state index in [1.165, 1.54) is 17.2 Å². The topological polar surface area (TPSA) is 104 Å². The molecule has 0 aliphatic carbocycles. The quantitative estimate of drug-likeness (QED) is 0.391. The number of carboxylic acids is 2. The van der Waals surface area contributed by atoms with Gasteiger partial charge in [-0.1, -0.05) is 28.9 Å². The van der Waals surface area contributed by atoms with Crippen molar-refractivity contribution in [1.82, 2.24) is 5.32 Å². The minimum Gasteiger partial charge on any atom is -0.481 e. The van der Waals surface area contributed by atoms with Crippen molar-refractivity contribution in [2.75, 3.05) is 0 Å². The molecule has 0 heterocycles. The molecule has 6 heteroatoms. The van der Waals surface area contributed by atoms with E-state index in [2.05, 4.69) is 38.2 Å². The Morgan fingerprint density at radius 3 is 2.00 bits per heavy atom. The van der Waals surface area contributed by atoms with Gasteiger partial charge in [0.15, 0.2) is 0 Å². The van der Waals surface area contributed by atoms with Crippen LogP contribution in [0.2, 0.25) is 0 Å². The molecule has 0 aliphatic rings. The van der Waals surface area contributed by atoms with Crippen molar-refractivity contribution in [3.05, 3.63) is 34.9 Å². The van der Waals surface area contributed by atoms with Crippen LogP contribution in [0.1, 0.15) is 59.8 Å². The molecule has 6 nitrogen and oxygen atoms in total. The summed E-state index contributed by atoms with van der Waals surface area (Å²) >= 11 is 0. The molecule has 0 aliphatic heterocycles. The van der Waals surface area contributed by atoms with Gasteiger partial charge >= 0.3 is 11.9 Å². The summed E-state index contributed by atoms with van der Waals surface area (Å²) in [6.45, 7) is 8.01. The average Bonchev–Trinajstić information content (AvgIpc) is 2.45. The van der Waals surface area contributed by atoms with Gasteiger partial charge < -0.3 is 15.5 Å². The number of nitrogens with one attached hydrogen (secondary N) is 1. The molecule has 0 spiro atoms. The number of amides is 1. The van der Waals surface area contributed by atoms with Gasteiger partial charge in [-0.2, -0.15) is 0 Å². The standard InChI is InChI=1S/C19H29NO5/c1-13(2)7-5-8-14(3)9-6-10-15(4)11-17(21)20-16(19(24)25)12-18(22)23/h7,9,11,16H,5-6,8,10,12H2,1-4H3,(H,20,21)(H,22,23)(H,24,25)/t16-/m1/s1. The molecule has 0 rings (SSSR count). The highest BCUT2D eigenvalue weighted by atomic mass is 16.4. The molecular weight excluding hydrogens is 322 g/mol. The van der Waals surface area contributed by atoms with Crippen molar-refractivity contribution in [3.8, 4) is 0 Å². The van der Waals surface area contributed by atoms with E-state index in [0.717, 1.165) is 24.8 Å². The summed E-state index contributed by atoms with van der Waals surface area (Å²) < 4.78 is 0. The number of hydrogen-bond acceptors (Lipinski definition) is 3. The third-order valence-electron chi connectivity index (χ3n) is 3.49. The van der Waals surface area contributed by atoms with E-state index in [1.54, 1.807) is 6.92 Å². The minimum atomic E-state index is -1.42. The van der Waals surface area contributed by atoms with E-state index < -0.39 is 30.3 Å². The Bertz CT molecular complexity index is 568. The highest BCUT2D eigenvalue weighted by molar-refractivity contribution is 5.92. The minimum absolute atomic E-state index is 0.588. The number of rotatable bonds is 11. The SMILES string of the molecule is CC(C)=CCCC(C)=CCCC(C)=CC(=O)N[C@H](CC(=O)O)C(=O)O. The van der Waals surface area contributed by atoms with Crippen LogP contribution in [0.4, 0.5) is 0 Å². The molecule has 0 saturated heterocycles. The van der Waals surface area contributed by atoms with E-state index in [0.29, 0.717) is 6.42 Å². The summed E-state index contributed by atoms with van der Waals surface area (Å²) in [7, 11) is 0. The molecule has 25 heavy (non-hydrogen) atoms. The van der Waals surface area contributed by atoms with Gasteiger partial charge in [-0.25, -0.2) is 4.79 Å². The van der Waals surface area contributed by atoms with Gasteiger partial charge in [0, 0.05) is 6.08 Å². The third-order valence-corrected chi connectivity index (χ3v) is 3.49. The molecule has 0 saturated carbocycles. The zero-order valence-electron chi connectivity index (χ0n) is 15.5. The maximum absolute atomic E-state index is 11.8. The van der Waals surface area contributed by atoms with Crippen molar-refractivity contribution < 1.29 is 24.6 Å². The summed E-state index contributed by atoms with van der Waals surface area (Å²) in [5, 5.41) is 19.7. The second-order valence-electron chi connectivity index (χ2n) is 6.40. The average molecular weight is 351 g/mol. The van der Waals surface area contributed by atoms with Crippen LogP contribution in [0.5, 0.6) is 0 Å². The molecule has 0 aromatic heterocycles.